The molecule has 0 aliphatic carbocycles. The normalized spacial score (nSPS) is 11.1. The largest absolute Gasteiger partial charge is 0.490 e. The number of nitrogen functional groups attached to an aromatic ring is 1. The Labute approximate surface area is 188 Å². The fraction of sp³-hybridized carbons (Fsp3) is 0.222. The molecule has 0 spiro atoms. The molecule has 3 aromatic rings. The van der Waals surface area contributed by atoms with Gasteiger partial charge in [-0.3, -0.25) is 0 Å². The van der Waals surface area contributed by atoms with E-state index in [1.165, 1.54) is 17.6 Å². The van der Waals surface area contributed by atoms with Crippen molar-refractivity contribution in [2.24, 2.45) is 5.73 Å². The molecule has 0 fully saturated rings. The second kappa shape index (κ2) is 10.0. The predicted octanol–water partition coefficient (Wildman–Crippen LogP) is 3.55. The van der Waals surface area contributed by atoms with Crippen LogP contribution in [-0.4, -0.2) is 44.4 Å². The highest BCUT2D eigenvalue weighted by Crippen LogP contribution is 2.34. The number of carboxylic acid groups (broad SMARTS) is 1. The van der Waals surface area contributed by atoms with E-state index in [0.717, 1.165) is 0 Å². The van der Waals surface area contributed by atoms with Crippen molar-refractivity contribution < 1.29 is 32.6 Å². The first-order valence-corrected chi connectivity index (χ1v) is 9.46. The summed E-state index contributed by atoms with van der Waals surface area (Å²) in [6.07, 6.45) is -3.66. The van der Waals surface area contributed by atoms with Gasteiger partial charge in [-0.05, 0) is 25.1 Å². The van der Waals surface area contributed by atoms with Gasteiger partial charge in [0.05, 0.1) is 23.5 Å². The van der Waals surface area contributed by atoms with E-state index in [1.807, 2.05) is 0 Å². The van der Waals surface area contributed by atoms with Crippen LogP contribution in [0, 0.1) is 0 Å². The van der Waals surface area contributed by atoms with E-state index >= 15 is 0 Å². The summed E-state index contributed by atoms with van der Waals surface area (Å²) < 4.78 is 38.4. The highest BCUT2D eigenvalue weighted by atomic mass is 35.5. The molecular formula is C18H16Cl2F3N5O4. The molecule has 0 aliphatic rings. The molecule has 14 heteroatoms. The number of carbonyl (C=O) groups is 2. The van der Waals surface area contributed by atoms with Crippen LogP contribution in [0.2, 0.25) is 10.0 Å². The highest BCUT2D eigenvalue weighted by molar-refractivity contribution is 6.36. The fourth-order valence-corrected chi connectivity index (χ4v) is 3.02. The smallest absolute Gasteiger partial charge is 0.477 e. The number of anilines is 1. The van der Waals surface area contributed by atoms with Crippen LogP contribution in [-0.2, 0) is 16.1 Å². The molecule has 0 amide bonds. The number of hydrogen-bond acceptors (Lipinski definition) is 7. The van der Waals surface area contributed by atoms with Crippen LogP contribution in [0.25, 0.3) is 16.9 Å². The lowest BCUT2D eigenvalue weighted by Gasteiger charge is -2.13. The molecule has 0 saturated carbocycles. The molecular weight excluding hydrogens is 478 g/mol. The summed E-state index contributed by atoms with van der Waals surface area (Å²) in [5, 5.41) is 14.0. The first kappa shape index (κ1) is 25.2. The van der Waals surface area contributed by atoms with Gasteiger partial charge in [0.25, 0.3) is 0 Å². The van der Waals surface area contributed by atoms with Crippen molar-refractivity contribution in [1.29, 1.82) is 0 Å². The lowest BCUT2D eigenvalue weighted by Crippen LogP contribution is -2.25. The topological polar surface area (TPSA) is 146 Å². The minimum absolute atomic E-state index is 0.0633. The van der Waals surface area contributed by atoms with Crippen LogP contribution in [0.5, 0.6) is 0 Å². The van der Waals surface area contributed by atoms with E-state index in [4.69, 9.17) is 34.7 Å². The molecule has 0 saturated heterocycles. The summed E-state index contributed by atoms with van der Waals surface area (Å²) in [7, 11) is 0. The first-order chi connectivity index (χ1) is 14.9. The zero-order chi connectivity index (χ0) is 24.2. The summed E-state index contributed by atoms with van der Waals surface area (Å²) in [6, 6.07) is 4.90. The quantitative estimate of drug-likeness (QED) is 0.467. The number of benzene rings is 1. The number of nitrogens with zero attached hydrogens (tertiary/aromatic N) is 3. The van der Waals surface area contributed by atoms with Crippen LogP contribution in [0.3, 0.4) is 0 Å². The lowest BCUT2D eigenvalue weighted by atomic mass is 10.1. The van der Waals surface area contributed by atoms with Crippen LogP contribution in [0.1, 0.15) is 22.8 Å². The van der Waals surface area contributed by atoms with Crippen molar-refractivity contribution in [2.45, 2.75) is 19.6 Å². The number of esters is 1. The Morgan fingerprint density at radius 1 is 1.28 bits per heavy atom. The third-order valence-electron chi connectivity index (χ3n) is 3.91. The van der Waals surface area contributed by atoms with Gasteiger partial charge in [0, 0.05) is 22.7 Å². The van der Waals surface area contributed by atoms with Gasteiger partial charge in [-0.1, -0.05) is 23.2 Å². The Bertz CT molecular complexity index is 1170. The zero-order valence-corrected chi connectivity index (χ0v) is 17.8. The molecule has 0 atom stereocenters. The number of aromatic nitrogens is 3. The summed E-state index contributed by atoms with van der Waals surface area (Å²) in [5.74, 6) is -3.07. The molecule has 3 rings (SSSR count). The maximum atomic E-state index is 11.3. The minimum Gasteiger partial charge on any atom is -0.477 e. The maximum Gasteiger partial charge on any atom is 0.490 e. The van der Waals surface area contributed by atoms with Crippen molar-refractivity contribution in [1.82, 2.24) is 14.6 Å². The molecule has 0 bridgehead atoms. The number of aromatic carboxylic acids is 1. The van der Waals surface area contributed by atoms with Gasteiger partial charge in [0.15, 0.2) is 5.65 Å². The predicted molar refractivity (Wildman–Crippen MR) is 110 cm³/mol. The van der Waals surface area contributed by atoms with E-state index in [2.05, 4.69) is 14.8 Å². The van der Waals surface area contributed by atoms with Crippen molar-refractivity contribution in [3.05, 3.63) is 45.6 Å². The molecule has 1 aromatic carbocycles. The molecule has 172 valence electrons. The number of hydrogen-bond donors (Lipinski definition) is 3. The summed E-state index contributed by atoms with van der Waals surface area (Å²) in [6.45, 7) is 1.15. The Hall–Kier alpha value is -3.09. The molecule has 2 aromatic heterocycles. The molecule has 0 unspecified atom stereocenters. The SMILES string of the molecule is CCOC(=O)C(F)(F)F.NCc1c(-c2ccc(Cl)cc2Cl)nc2c(C(=O)O)cnn2c1N. The number of carboxylic acids is 1. The van der Waals surface area contributed by atoms with Crippen molar-refractivity contribution in [3.8, 4) is 11.3 Å². The molecule has 5 N–H and O–H groups in total. The van der Waals surface area contributed by atoms with Gasteiger partial charge in [-0.25, -0.2) is 14.6 Å². The van der Waals surface area contributed by atoms with Gasteiger partial charge >= 0.3 is 18.1 Å². The van der Waals surface area contributed by atoms with E-state index in [9.17, 15) is 27.9 Å². The van der Waals surface area contributed by atoms with Gasteiger partial charge < -0.3 is 21.3 Å². The van der Waals surface area contributed by atoms with Crippen molar-refractivity contribution in [2.75, 3.05) is 12.3 Å². The lowest BCUT2D eigenvalue weighted by molar-refractivity contribution is -0.199. The van der Waals surface area contributed by atoms with Gasteiger partial charge in [-0.15, -0.1) is 0 Å². The Morgan fingerprint density at radius 2 is 1.94 bits per heavy atom. The Kier molecular flexibility index (Phi) is 7.88. The highest BCUT2D eigenvalue weighted by Gasteiger charge is 2.40. The number of ether oxygens (including phenoxy) is 1. The van der Waals surface area contributed by atoms with E-state index in [1.54, 1.807) is 18.2 Å². The average Bonchev–Trinajstić information content (AvgIpc) is 3.12. The fourth-order valence-electron chi connectivity index (χ4n) is 2.52. The van der Waals surface area contributed by atoms with E-state index in [0.29, 0.717) is 26.9 Å². The van der Waals surface area contributed by atoms with Gasteiger partial charge in [0.2, 0.25) is 0 Å². The molecule has 2 heterocycles. The number of rotatable bonds is 4. The van der Waals surface area contributed by atoms with Crippen LogP contribution < -0.4 is 11.5 Å². The van der Waals surface area contributed by atoms with Gasteiger partial charge in [-0.2, -0.15) is 22.8 Å². The minimum atomic E-state index is -4.85. The zero-order valence-electron chi connectivity index (χ0n) is 16.3. The monoisotopic (exact) mass is 493 g/mol. The molecule has 0 aliphatic heterocycles. The molecule has 32 heavy (non-hydrogen) atoms. The second-order valence-electron chi connectivity index (χ2n) is 5.97. The molecule has 0 radical (unpaired) electrons. The van der Waals surface area contributed by atoms with Crippen molar-refractivity contribution >= 4 is 46.6 Å². The number of nitrogens with two attached hydrogens (primary N) is 2. The van der Waals surface area contributed by atoms with Crippen molar-refractivity contribution in [3.63, 3.8) is 0 Å². The average molecular weight is 494 g/mol. The van der Waals surface area contributed by atoms with E-state index < -0.39 is 18.1 Å². The Balaban J connectivity index is 0.000000344. The number of carbonyl (C=O) groups excluding carboxylic acids is 1. The molecule has 9 nitrogen and oxygen atoms in total. The maximum absolute atomic E-state index is 11.3. The van der Waals surface area contributed by atoms with Crippen LogP contribution in [0.4, 0.5) is 19.0 Å². The van der Waals surface area contributed by atoms with Crippen LogP contribution >= 0.6 is 23.2 Å². The van der Waals surface area contributed by atoms with Gasteiger partial charge in [0.1, 0.15) is 11.4 Å². The van der Waals surface area contributed by atoms with E-state index in [-0.39, 0.29) is 30.2 Å². The van der Waals surface area contributed by atoms with Crippen LogP contribution in [0.15, 0.2) is 24.4 Å². The Morgan fingerprint density at radius 3 is 2.41 bits per heavy atom. The number of fused-ring (bicyclic) bond motifs is 1. The number of alkyl halides is 3. The summed E-state index contributed by atoms with van der Waals surface area (Å²) >= 11 is 12.1. The number of halogens is 5. The third kappa shape index (κ3) is 5.39. The summed E-state index contributed by atoms with van der Waals surface area (Å²) in [5.41, 5.74) is 13.4. The third-order valence-corrected chi connectivity index (χ3v) is 4.46. The second-order valence-corrected chi connectivity index (χ2v) is 6.81. The first-order valence-electron chi connectivity index (χ1n) is 8.71. The standard InChI is InChI=1S/C14H11Cl2N5O2.C4H5F3O2/c15-6-1-2-7(10(16)3-6)11-8(4-17)12(18)21-13(20-11)9(5-19-21)14(22)23;1-2-9-3(8)4(5,6)7/h1-3,5H,4,17-18H2,(H,22,23);2H2,1H3. The summed E-state index contributed by atoms with van der Waals surface area (Å²) in [4.78, 5) is 25.4.